The van der Waals surface area contributed by atoms with Gasteiger partial charge in [-0.3, -0.25) is 5.32 Å². The SMILES string of the molecule is Cc1ccccc1CNc1ccc(NC(=O)NC(C)C)nc1. The van der Waals surface area contributed by atoms with Gasteiger partial charge in [0.05, 0.1) is 11.9 Å². The van der Waals surface area contributed by atoms with E-state index >= 15 is 0 Å². The van der Waals surface area contributed by atoms with Crippen molar-refractivity contribution >= 4 is 17.5 Å². The number of urea groups is 1. The minimum Gasteiger partial charge on any atom is -0.380 e. The van der Waals surface area contributed by atoms with Gasteiger partial charge in [-0.05, 0) is 44.0 Å². The average molecular weight is 298 g/mol. The summed E-state index contributed by atoms with van der Waals surface area (Å²) in [5.74, 6) is 0.527. The number of aryl methyl sites for hydroxylation is 1. The van der Waals surface area contributed by atoms with Crippen molar-refractivity contribution < 1.29 is 4.79 Å². The van der Waals surface area contributed by atoms with E-state index in [9.17, 15) is 4.79 Å². The van der Waals surface area contributed by atoms with Crippen molar-refractivity contribution in [1.29, 1.82) is 0 Å². The Hall–Kier alpha value is -2.56. The largest absolute Gasteiger partial charge is 0.380 e. The van der Waals surface area contributed by atoms with Crippen molar-refractivity contribution in [2.45, 2.75) is 33.4 Å². The first-order valence-electron chi connectivity index (χ1n) is 7.36. The van der Waals surface area contributed by atoms with E-state index in [0.717, 1.165) is 12.2 Å². The second-order valence-corrected chi connectivity index (χ2v) is 5.47. The lowest BCUT2D eigenvalue weighted by Crippen LogP contribution is -2.34. The third-order valence-corrected chi connectivity index (χ3v) is 3.17. The fourth-order valence-corrected chi connectivity index (χ4v) is 1.99. The van der Waals surface area contributed by atoms with Gasteiger partial charge in [0.1, 0.15) is 5.82 Å². The highest BCUT2D eigenvalue weighted by Gasteiger charge is 2.04. The molecule has 0 saturated carbocycles. The second kappa shape index (κ2) is 7.45. The first-order chi connectivity index (χ1) is 10.5. The van der Waals surface area contributed by atoms with Crippen molar-refractivity contribution in [1.82, 2.24) is 10.3 Å². The Morgan fingerprint density at radius 2 is 1.95 bits per heavy atom. The molecule has 116 valence electrons. The minimum atomic E-state index is -0.247. The monoisotopic (exact) mass is 298 g/mol. The summed E-state index contributed by atoms with van der Waals surface area (Å²) in [6.45, 7) is 6.65. The van der Waals surface area contributed by atoms with E-state index < -0.39 is 0 Å². The van der Waals surface area contributed by atoms with Crippen LogP contribution in [0.5, 0.6) is 0 Å². The molecule has 5 nitrogen and oxygen atoms in total. The molecule has 0 spiro atoms. The summed E-state index contributed by atoms with van der Waals surface area (Å²) in [6, 6.07) is 11.8. The number of anilines is 2. The molecule has 0 aliphatic carbocycles. The number of hydrogen-bond acceptors (Lipinski definition) is 3. The maximum absolute atomic E-state index is 11.6. The van der Waals surface area contributed by atoms with E-state index in [1.54, 1.807) is 12.3 Å². The smallest absolute Gasteiger partial charge is 0.320 e. The molecule has 0 aliphatic rings. The number of hydrogen-bond donors (Lipinski definition) is 3. The molecule has 0 radical (unpaired) electrons. The number of nitrogens with one attached hydrogen (secondary N) is 3. The van der Waals surface area contributed by atoms with Gasteiger partial charge >= 0.3 is 6.03 Å². The van der Waals surface area contributed by atoms with Gasteiger partial charge in [0, 0.05) is 12.6 Å². The number of pyridine rings is 1. The first kappa shape index (κ1) is 15.8. The van der Waals surface area contributed by atoms with Gasteiger partial charge in [-0.1, -0.05) is 24.3 Å². The van der Waals surface area contributed by atoms with E-state index in [-0.39, 0.29) is 12.1 Å². The van der Waals surface area contributed by atoms with E-state index in [4.69, 9.17) is 0 Å². The van der Waals surface area contributed by atoms with Crippen molar-refractivity contribution in [3.63, 3.8) is 0 Å². The number of carbonyl (C=O) groups excluding carboxylic acids is 1. The van der Waals surface area contributed by atoms with E-state index in [1.807, 2.05) is 32.0 Å². The Bertz CT molecular complexity index is 623. The predicted octanol–water partition coefficient (Wildman–Crippen LogP) is 3.53. The van der Waals surface area contributed by atoms with E-state index in [2.05, 4.69) is 40.0 Å². The van der Waals surface area contributed by atoms with Crippen molar-refractivity contribution in [2.75, 3.05) is 10.6 Å². The molecule has 22 heavy (non-hydrogen) atoms. The average Bonchev–Trinajstić information content (AvgIpc) is 2.47. The second-order valence-electron chi connectivity index (χ2n) is 5.47. The van der Waals surface area contributed by atoms with Crippen LogP contribution in [0.25, 0.3) is 0 Å². The number of carbonyl (C=O) groups is 1. The molecule has 1 aromatic heterocycles. The van der Waals surface area contributed by atoms with Crippen LogP contribution in [0, 0.1) is 6.92 Å². The molecular formula is C17H22N4O. The molecule has 0 saturated heterocycles. The molecule has 2 aromatic rings. The van der Waals surface area contributed by atoms with Crippen LogP contribution in [-0.4, -0.2) is 17.1 Å². The Morgan fingerprint density at radius 1 is 1.18 bits per heavy atom. The number of rotatable bonds is 5. The summed E-state index contributed by atoms with van der Waals surface area (Å²) in [7, 11) is 0. The third-order valence-electron chi connectivity index (χ3n) is 3.17. The van der Waals surface area contributed by atoms with E-state index in [0.29, 0.717) is 5.82 Å². The minimum absolute atomic E-state index is 0.0926. The topological polar surface area (TPSA) is 66.0 Å². The van der Waals surface area contributed by atoms with Crippen molar-refractivity contribution in [3.05, 3.63) is 53.7 Å². The lowest BCUT2D eigenvalue weighted by Gasteiger charge is -2.11. The van der Waals surface area contributed by atoms with Gasteiger partial charge in [0.15, 0.2) is 0 Å². The normalized spacial score (nSPS) is 10.4. The van der Waals surface area contributed by atoms with Crippen LogP contribution < -0.4 is 16.0 Å². The summed E-state index contributed by atoms with van der Waals surface area (Å²) in [5.41, 5.74) is 3.42. The molecule has 1 heterocycles. The maximum Gasteiger partial charge on any atom is 0.320 e. The molecule has 0 bridgehead atoms. The summed E-state index contributed by atoms with van der Waals surface area (Å²) >= 11 is 0. The van der Waals surface area contributed by atoms with Gasteiger partial charge in [-0.25, -0.2) is 9.78 Å². The fourth-order valence-electron chi connectivity index (χ4n) is 1.99. The lowest BCUT2D eigenvalue weighted by atomic mass is 10.1. The van der Waals surface area contributed by atoms with Gasteiger partial charge in [0.2, 0.25) is 0 Å². The number of aromatic nitrogens is 1. The maximum atomic E-state index is 11.6. The van der Waals surface area contributed by atoms with Gasteiger partial charge in [-0.15, -0.1) is 0 Å². The molecule has 0 unspecified atom stereocenters. The lowest BCUT2D eigenvalue weighted by molar-refractivity contribution is 0.250. The summed E-state index contributed by atoms with van der Waals surface area (Å²) in [5, 5.41) is 8.77. The Kier molecular flexibility index (Phi) is 5.36. The zero-order valence-electron chi connectivity index (χ0n) is 13.2. The number of nitrogens with zero attached hydrogens (tertiary/aromatic N) is 1. The molecule has 0 atom stereocenters. The molecular weight excluding hydrogens is 276 g/mol. The fraction of sp³-hybridized carbons (Fsp3) is 0.294. The quantitative estimate of drug-likeness (QED) is 0.791. The first-order valence-corrected chi connectivity index (χ1v) is 7.36. The Balaban J connectivity index is 1.89. The Labute approximate surface area is 131 Å². The molecule has 0 aliphatic heterocycles. The predicted molar refractivity (Wildman–Crippen MR) is 90.0 cm³/mol. The molecule has 2 rings (SSSR count). The van der Waals surface area contributed by atoms with Crippen LogP contribution in [0.1, 0.15) is 25.0 Å². The van der Waals surface area contributed by atoms with Gasteiger partial charge < -0.3 is 10.6 Å². The highest BCUT2D eigenvalue weighted by molar-refractivity contribution is 5.88. The number of benzene rings is 1. The molecule has 1 aromatic carbocycles. The Morgan fingerprint density at radius 3 is 2.59 bits per heavy atom. The van der Waals surface area contributed by atoms with Crippen molar-refractivity contribution in [2.24, 2.45) is 0 Å². The van der Waals surface area contributed by atoms with Crippen LogP contribution in [0.15, 0.2) is 42.6 Å². The third kappa shape index (κ3) is 4.77. The van der Waals surface area contributed by atoms with Crippen LogP contribution in [0.3, 0.4) is 0 Å². The molecule has 0 fully saturated rings. The zero-order chi connectivity index (χ0) is 15.9. The van der Waals surface area contributed by atoms with Gasteiger partial charge in [0.25, 0.3) is 0 Å². The van der Waals surface area contributed by atoms with Crippen LogP contribution >= 0.6 is 0 Å². The molecule has 3 N–H and O–H groups in total. The summed E-state index contributed by atoms with van der Waals surface area (Å²) in [4.78, 5) is 15.8. The van der Waals surface area contributed by atoms with Gasteiger partial charge in [-0.2, -0.15) is 0 Å². The summed E-state index contributed by atoms with van der Waals surface area (Å²) < 4.78 is 0. The summed E-state index contributed by atoms with van der Waals surface area (Å²) in [6.07, 6.45) is 1.71. The number of amides is 2. The standard InChI is InChI=1S/C17H22N4O/c1-12(2)20-17(22)21-16-9-8-15(11-19-16)18-10-14-7-5-4-6-13(14)3/h4-9,11-12,18H,10H2,1-3H3,(H2,19,20,21,22). The van der Waals surface area contributed by atoms with Crippen LogP contribution in [0.4, 0.5) is 16.3 Å². The van der Waals surface area contributed by atoms with Crippen molar-refractivity contribution in [3.8, 4) is 0 Å². The highest BCUT2D eigenvalue weighted by atomic mass is 16.2. The van der Waals surface area contributed by atoms with Crippen LogP contribution in [-0.2, 0) is 6.54 Å². The van der Waals surface area contributed by atoms with E-state index in [1.165, 1.54) is 11.1 Å². The molecule has 2 amide bonds. The molecule has 5 heteroatoms. The van der Waals surface area contributed by atoms with Crippen LogP contribution in [0.2, 0.25) is 0 Å². The zero-order valence-corrected chi connectivity index (χ0v) is 13.2. The highest BCUT2D eigenvalue weighted by Crippen LogP contribution is 2.13.